The number of nitrogens with zero attached hydrogens (tertiary/aromatic N) is 5. The van der Waals surface area contributed by atoms with Crippen LogP contribution in [0.1, 0.15) is 23.9 Å². The third-order valence-electron chi connectivity index (χ3n) is 4.42. The minimum absolute atomic E-state index is 0.240. The summed E-state index contributed by atoms with van der Waals surface area (Å²) in [4.78, 5) is 6.82. The van der Waals surface area contributed by atoms with Gasteiger partial charge in [0.2, 0.25) is 0 Å². The minimum Gasteiger partial charge on any atom is -0.497 e. The highest BCUT2D eigenvalue weighted by molar-refractivity contribution is 5.22. The SMILES string of the molecule is COc1ccnc(CN2CC[C@@H]3OCc4cnnn4[C@@H]3C2)c1. The van der Waals surface area contributed by atoms with Gasteiger partial charge in [-0.05, 0) is 12.5 Å². The molecule has 22 heavy (non-hydrogen) atoms. The number of hydrogen-bond donors (Lipinski definition) is 0. The molecule has 2 aromatic heterocycles. The Balaban J connectivity index is 1.49. The molecule has 0 aromatic carbocycles. The van der Waals surface area contributed by atoms with E-state index in [2.05, 4.69) is 20.2 Å². The molecule has 116 valence electrons. The first-order valence-corrected chi connectivity index (χ1v) is 7.55. The van der Waals surface area contributed by atoms with E-state index in [1.807, 2.05) is 16.8 Å². The van der Waals surface area contributed by atoms with Crippen LogP contribution < -0.4 is 4.74 Å². The zero-order valence-electron chi connectivity index (χ0n) is 12.6. The zero-order chi connectivity index (χ0) is 14.9. The molecule has 7 heteroatoms. The number of pyridine rings is 1. The first-order valence-electron chi connectivity index (χ1n) is 7.55. The number of hydrogen-bond acceptors (Lipinski definition) is 6. The number of piperidine rings is 1. The van der Waals surface area contributed by atoms with Gasteiger partial charge in [0.15, 0.2) is 0 Å². The fraction of sp³-hybridized carbons (Fsp3) is 0.533. The Kier molecular flexibility index (Phi) is 3.51. The van der Waals surface area contributed by atoms with Crippen LogP contribution in [0.2, 0.25) is 0 Å². The molecule has 0 spiro atoms. The lowest BCUT2D eigenvalue weighted by atomic mass is 10.0. The molecule has 0 bridgehead atoms. The number of likely N-dealkylation sites (tertiary alicyclic amines) is 1. The van der Waals surface area contributed by atoms with Gasteiger partial charge in [-0.15, -0.1) is 5.10 Å². The Morgan fingerprint density at radius 3 is 3.32 bits per heavy atom. The molecule has 7 nitrogen and oxygen atoms in total. The van der Waals surface area contributed by atoms with Gasteiger partial charge in [-0.2, -0.15) is 0 Å². The molecule has 2 atom stereocenters. The van der Waals surface area contributed by atoms with E-state index >= 15 is 0 Å². The standard InChI is InChI=1S/C15H19N5O2/c1-21-13-2-4-16-11(6-13)8-19-5-3-15-14(9-19)20-12(10-22-15)7-17-18-20/h2,4,6-7,14-15H,3,5,8-10H2,1H3/t14-,15+/m1/s1. The molecule has 2 aliphatic rings. The van der Waals surface area contributed by atoms with E-state index in [-0.39, 0.29) is 12.1 Å². The first-order chi connectivity index (χ1) is 10.8. The van der Waals surface area contributed by atoms with Crippen molar-refractivity contribution < 1.29 is 9.47 Å². The number of fused-ring (bicyclic) bond motifs is 3. The summed E-state index contributed by atoms with van der Waals surface area (Å²) < 4.78 is 13.2. The van der Waals surface area contributed by atoms with Crippen molar-refractivity contribution in [3.63, 3.8) is 0 Å². The van der Waals surface area contributed by atoms with Crippen molar-refractivity contribution in [1.82, 2.24) is 24.9 Å². The van der Waals surface area contributed by atoms with Crippen LogP contribution in [0.4, 0.5) is 0 Å². The second-order valence-corrected chi connectivity index (χ2v) is 5.80. The average Bonchev–Trinajstić information content (AvgIpc) is 3.04. The maximum absolute atomic E-state index is 5.94. The Hall–Kier alpha value is -1.99. The molecule has 0 aliphatic carbocycles. The van der Waals surface area contributed by atoms with Crippen LogP contribution in [0.3, 0.4) is 0 Å². The van der Waals surface area contributed by atoms with Gasteiger partial charge in [0.1, 0.15) is 5.75 Å². The Morgan fingerprint density at radius 2 is 2.41 bits per heavy atom. The second-order valence-electron chi connectivity index (χ2n) is 5.80. The van der Waals surface area contributed by atoms with Crippen LogP contribution in [0.15, 0.2) is 24.5 Å². The summed E-state index contributed by atoms with van der Waals surface area (Å²) in [7, 11) is 1.68. The van der Waals surface area contributed by atoms with Gasteiger partial charge < -0.3 is 9.47 Å². The number of rotatable bonds is 3. The Labute approximate surface area is 128 Å². The largest absolute Gasteiger partial charge is 0.497 e. The normalized spacial score (nSPS) is 24.6. The number of aromatic nitrogens is 4. The number of ether oxygens (including phenoxy) is 2. The molecule has 4 rings (SSSR count). The Morgan fingerprint density at radius 1 is 1.45 bits per heavy atom. The van der Waals surface area contributed by atoms with Crippen molar-refractivity contribution in [2.45, 2.75) is 31.7 Å². The molecule has 0 unspecified atom stereocenters. The van der Waals surface area contributed by atoms with Crippen molar-refractivity contribution in [2.75, 3.05) is 20.2 Å². The molecule has 1 saturated heterocycles. The van der Waals surface area contributed by atoms with Crippen LogP contribution >= 0.6 is 0 Å². The number of methoxy groups -OCH3 is 1. The molecule has 0 saturated carbocycles. The molecule has 1 fully saturated rings. The molecular formula is C15H19N5O2. The summed E-state index contributed by atoms with van der Waals surface area (Å²) in [5.41, 5.74) is 2.08. The predicted octanol–water partition coefficient (Wildman–Crippen LogP) is 1.03. The summed E-state index contributed by atoms with van der Waals surface area (Å²) in [6.45, 7) is 3.33. The van der Waals surface area contributed by atoms with Crippen LogP contribution in [0, 0.1) is 0 Å². The fourth-order valence-electron chi connectivity index (χ4n) is 3.29. The smallest absolute Gasteiger partial charge is 0.122 e. The summed E-state index contributed by atoms with van der Waals surface area (Å²) in [5, 5.41) is 8.25. The minimum atomic E-state index is 0.240. The highest BCUT2D eigenvalue weighted by Gasteiger charge is 2.36. The lowest BCUT2D eigenvalue weighted by molar-refractivity contribution is -0.0671. The van der Waals surface area contributed by atoms with Gasteiger partial charge in [0, 0.05) is 31.9 Å². The van der Waals surface area contributed by atoms with Crippen LogP contribution in [-0.2, 0) is 17.9 Å². The summed E-state index contributed by atoms with van der Waals surface area (Å²) in [6.07, 6.45) is 4.83. The molecule has 0 amide bonds. The zero-order valence-corrected chi connectivity index (χ0v) is 12.6. The van der Waals surface area contributed by atoms with Gasteiger partial charge in [-0.25, -0.2) is 4.68 Å². The van der Waals surface area contributed by atoms with Gasteiger partial charge in [-0.1, -0.05) is 5.21 Å². The monoisotopic (exact) mass is 301 g/mol. The molecule has 4 heterocycles. The van der Waals surface area contributed by atoms with E-state index in [0.717, 1.165) is 43.2 Å². The second kappa shape index (κ2) is 5.66. The molecule has 0 radical (unpaired) electrons. The maximum Gasteiger partial charge on any atom is 0.122 e. The summed E-state index contributed by atoms with van der Waals surface area (Å²) >= 11 is 0. The van der Waals surface area contributed by atoms with Crippen molar-refractivity contribution in [1.29, 1.82) is 0 Å². The van der Waals surface area contributed by atoms with E-state index < -0.39 is 0 Å². The van der Waals surface area contributed by atoms with Gasteiger partial charge >= 0.3 is 0 Å². The van der Waals surface area contributed by atoms with Crippen LogP contribution in [-0.4, -0.2) is 51.2 Å². The topological polar surface area (TPSA) is 65.3 Å². The van der Waals surface area contributed by atoms with Gasteiger partial charge in [0.25, 0.3) is 0 Å². The van der Waals surface area contributed by atoms with Gasteiger partial charge in [-0.3, -0.25) is 9.88 Å². The average molecular weight is 301 g/mol. The summed E-state index contributed by atoms with van der Waals surface area (Å²) in [6, 6.07) is 4.10. The van der Waals surface area contributed by atoms with E-state index in [9.17, 15) is 0 Å². The van der Waals surface area contributed by atoms with E-state index in [1.165, 1.54) is 0 Å². The molecule has 2 aromatic rings. The quantitative estimate of drug-likeness (QED) is 0.843. The lowest BCUT2D eigenvalue weighted by Crippen LogP contribution is -2.47. The van der Waals surface area contributed by atoms with E-state index in [1.54, 1.807) is 19.5 Å². The van der Waals surface area contributed by atoms with E-state index in [0.29, 0.717) is 6.61 Å². The van der Waals surface area contributed by atoms with Gasteiger partial charge in [0.05, 0.1) is 43.4 Å². The van der Waals surface area contributed by atoms with Crippen molar-refractivity contribution in [2.24, 2.45) is 0 Å². The fourth-order valence-corrected chi connectivity index (χ4v) is 3.29. The van der Waals surface area contributed by atoms with E-state index in [4.69, 9.17) is 9.47 Å². The predicted molar refractivity (Wildman–Crippen MR) is 78.3 cm³/mol. The lowest BCUT2D eigenvalue weighted by Gasteiger charge is -2.40. The van der Waals surface area contributed by atoms with Crippen molar-refractivity contribution >= 4 is 0 Å². The molecule has 0 N–H and O–H groups in total. The molecular weight excluding hydrogens is 282 g/mol. The summed E-state index contributed by atoms with van der Waals surface area (Å²) in [5.74, 6) is 0.847. The first kappa shape index (κ1) is 13.7. The van der Waals surface area contributed by atoms with Crippen molar-refractivity contribution in [3.8, 4) is 5.75 Å². The van der Waals surface area contributed by atoms with Crippen molar-refractivity contribution in [3.05, 3.63) is 35.9 Å². The van der Waals surface area contributed by atoms with Crippen LogP contribution in [0.5, 0.6) is 5.75 Å². The maximum atomic E-state index is 5.94. The van der Waals surface area contributed by atoms with Crippen LogP contribution in [0.25, 0.3) is 0 Å². The molecule has 2 aliphatic heterocycles. The third-order valence-corrected chi connectivity index (χ3v) is 4.42. The Bertz CT molecular complexity index is 659. The third kappa shape index (κ3) is 2.46. The highest BCUT2D eigenvalue weighted by Crippen LogP contribution is 2.30. The highest BCUT2D eigenvalue weighted by atomic mass is 16.5.